The highest BCUT2D eigenvalue weighted by Gasteiger charge is 2.00. The van der Waals surface area contributed by atoms with E-state index < -0.39 is 0 Å². The van der Waals surface area contributed by atoms with Gasteiger partial charge < -0.3 is 11.1 Å². The van der Waals surface area contributed by atoms with Gasteiger partial charge in [0.15, 0.2) is 0 Å². The van der Waals surface area contributed by atoms with E-state index in [4.69, 9.17) is 17.3 Å². The smallest absolute Gasteiger partial charge is 0.0407 e. The van der Waals surface area contributed by atoms with Gasteiger partial charge in [0.2, 0.25) is 0 Å². The molecule has 0 amide bonds. The Labute approximate surface area is 106 Å². The molecule has 0 bridgehead atoms. The fourth-order valence-electron chi connectivity index (χ4n) is 1.58. The maximum atomic E-state index is 5.82. The van der Waals surface area contributed by atoms with Crippen molar-refractivity contribution in [2.24, 2.45) is 5.73 Å². The summed E-state index contributed by atoms with van der Waals surface area (Å²) in [5.41, 5.74) is 8.92. The van der Waals surface area contributed by atoms with Crippen molar-refractivity contribution in [1.29, 1.82) is 0 Å². The van der Waals surface area contributed by atoms with Gasteiger partial charge in [-0.1, -0.05) is 11.6 Å². The molecule has 0 aliphatic carbocycles. The third-order valence-corrected chi connectivity index (χ3v) is 2.80. The van der Waals surface area contributed by atoms with Crippen molar-refractivity contribution in [3.8, 4) is 0 Å². The second-order valence-electron chi connectivity index (χ2n) is 3.71. The molecule has 0 aliphatic rings. The Morgan fingerprint density at radius 2 is 1.88 bits per heavy atom. The number of hydrogen-bond donors (Lipinski definition) is 2. The van der Waals surface area contributed by atoms with Crippen molar-refractivity contribution in [3.63, 3.8) is 0 Å². The molecule has 17 heavy (non-hydrogen) atoms. The molecule has 1 heterocycles. The molecule has 0 radical (unpaired) electrons. The van der Waals surface area contributed by atoms with Gasteiger partial charge in [-0.15, -0.1) is 0 Å². The van der Waals surface area contributed by atoms with Crippen LogP contribution in [0.4, 0.5) is 5.69 Å². The topological polar surface area (TPSA) is 50.9 Å². The Morgan fingerprint density at radius 3 is 2.59 bits per heavy atom. The minimum absolute atomic E-state index is 0.505. The van der Waals surface area contributed by atoms with Gasteiger partial charge in [0.05, 0.1) is 0 Å². The quantitative estimate of drug-likeness (QED) is 0.874. The molecule has 0 atom stereocenters. The third kappa shape index (κ3) is 3.19. The molecule has 3 N–H and O–H groups in total. The number of benzene rings is 1. The lowest BCUT2D eigenvalue weighted by Crippen LogP contribution is -2.06. The van der Waals surface area contributed by atoms with Crippen LogP contribution in [0.1, 0.15) is 11.1 Å². The van der Waals surface area contributed by atoms with E-state index in [1.54, 1.807) is 12.4 Å². The van der Waals surface area contributed by atoms with Crippen molar-refractivity contribution in [1.82, 2.24) is 4.98 Å². The number of rotatable bonds is 4. The number of pyridine rings is 1. The number of aromatic nitrogens is 1. The largest absolute Gasteiger partial charge is 0.381 e. The summed E-state index contributed by atoms with van der Waals surface area (Å²) in [4.78, 5) is 4.06. The van der Waals surface area contributed by atoms with E-state index >= 15 is 0 Å². The fraction of sp³-hybridized carbons (Fsp3) is 0.154. The normalized spacial score (nSPS) is 10.2. The summed E-state index contributed by atoms with van der Waals surface area (Å²) in [6, 6.07) is 9.60. The number of nitrogens with zero attached hydrogens (tertiary/aromatic N) is 1. The zero-order chi connectivity index (χ0) is 12.1. The first-order valence-corrected chi connectivity index (χ1v) is 5.78. The molecule has 0 saturated carbocycles. The van der Waals surface area contributed by atoms with E-state index in [2.05, 4.69) is 10.3 Å². The van der Waals surface area contributed by atoms with Crippen LogP contribution in [0.2, 0.25) is 5.02 Å². The zero-order valence-corrected chi connectivity index (χ0v) is 10.1. The van der Waals surface area contributed by atoms with E-state index in [9.17, 15) is 0 Å². The van der Waals surface area contributed by atoms with E-state index in [0.29, 0.717) is 6.54 Å². The lowest BCUT2D eigenvalue weighted by Gasteiger charge is -2.09. The Bertz CT molecular complexity index is 482. The van der Waals surface area contributed by atoms with Gasteiger partial charge >= 0.3 is 0 Å². The Hall–Kier alpha value is -1.58. The van der Waals surface area contributed by atoms with Gasteiger partial charge in [-0.25, -0.2) is 0 Å². The first kappa shape index (κ1) is 11.9. The summed E-state index contributed by atoms with van der Waals surface area (Å²) < 4.78 is 0. The minimum atomic E-state index is 0.505. The highest BCUT2D eigenvalue weighted by Crippen LogP contribution is 2.15. The van der Waals surface area contributed by atoms with Crippen LogP contribution in [0.15, 0.2) is 42.7 Å². The Balaban J connectivity index is 2.04. The van der Waals surface area contributed by atoms with Crippen molar-refractivity contribution in [2.45, 2.75) is 13.1 Å². The SMILES string of the molecule is NCc1cnccc1CNc1ccc(Cl)cc1. The van der Waals surface area contributed by atoms with Crippen LogP contribution in [0.3, 0.4) is 0 Å². The van der Waals surface area contributed by atoms with Gasteiger partial charge in [-0.05, 0) is 41.5 Å². The molecule has 0 saturated heterocycles. The summed E-state index contributed by atoms with van der Waals surface area (Å²) in [6.45, 7) is 1.24. The van der Waals surface area contributed by atoms with Crippen LogP contribution in [-0.2, 0) is 13.1 Å². The number of halogens is 1. The van der Waals surface area contributed by atoms with E-state index in [-0.39, 0.29) is 0 Å². The van der Waals surface area contributed by atoms with Crippen LogP contribution in [0, 0.1) is 0 Å². The lowest BCUT2D eigenvalue weighted by atomic mass is 10.1. The van der Waals surface area contributed by atoms with Crippen LogP contribution < -0.4 is 11.1 Å². The molecule has 0 fully saturated rings. The standard InChI is InChI=1S/C13H14ClN3/c14-12-1-3-13(4-2-12)17-9-10-5-6-16-8-11(10)7-15/h1-6,8,17H,7,9,15H2. The first-order valence-electron chi connectivity index (χ1n) is 5.41. The van der Waals surface area contributed by atoms with E-state index in [0.717, 1.165) is 28.4 Å². The molecular weight excluding hydrogens is 234 g/mol. The van der Waals surface area contributed by atoms with Gasteiger partial charge in [0.25, 0.3) is 0 Å². The van der Waals surface area contributed by atoms with Crippen LogP contribution in [-0.4, -0.2) is 4.98 Å². The van der Waals surface area contributed by atoms with E-state index in [1.165, 1.54) is 0 Å². The molecular formula is C13H14ClN3. The van der Waals surface area contributed by atoms with Crippen LogP contribution >= 0.6 is 11.6 Å². The molecule has 3 nitrogen and oxygen atoms in total. The number of nitrogens with two attached hydrogens (primary N) is 1. The minimum Gasteiger partial charge on any atom is -0.381 e. The van der Waals surface area contributed by atoms with Crippen molar-refractivity contribution >= 4 is 17.3 Å². The van der Waals surface area contributed by atoms with Gasteiger partial charge in [0.1, 0.15) is 0 Å². The lowest BCUT2D eigenvalue weighted by molar-refractivity contribution is 0.987. The number of hydrogen-bond acceptors (Lipinski definition) is 3. The number of nitrogens with one attached hydrogen (secondary N) is 1. The molecule has 1 aromatic heterocycles. The molecule has 0 aliphatic heterocycles. The van der Waals surface area contributed by atoms with Crippen LogP contribution in [0.25, 0.3) is 0 Å². The van der Waals surface area contributed by atoms with Crippen molar-refractivity contribution in [2.75, 3.05) is 5.32 Å². The summed E-state index contributed by atoms with van der Waals surface area (Å²) in [6.07, 6.45) is 3.58. The Kier molecular flexibility index (Phi) is 3.96. The second-order valence-corrected chi connectivity index (χ2v) is 4.15. The van der Waals surface area contributed by atoms with Crippen LogP contribution in [0.5, 0.6) is 0 Å². The molecule has 2 rings (SSSR count). The summed E-state index contributed by atoms with van der Waals surface area (Å²) >= 11 is 5.82. The summed E-state index contributed by atoms with van der Waals surface area (Å²) in [5.74, 6) is 0. The second kappa shape index (κ2) is 5.66. The summed E-state index contributed by atoms with van der Waals surface area (Å²) in [5, 5.41) is 4.06. The molecule has 4 heteroatoms. The van der Waals surface area contributed by atoms with Gasteiger partial charge in [-0.2, -0.15) is 0 Å². The first-order chi connectivity index (χ1) is 8.29. The number of anilines is 1. The summed E-state index contributed by atoms with van der Waals surface area (Å²) in [7, 11) is 0. The maximum Gasteiger partial charge on any atom is 0.0407 e. The molecule has 1 aromatic carbocycles. The highest BCUT2D eigenvalue weighted by molar-refractivity contribution is 6.30. The molecule has 0 unspecified atom stereocenters. The predicted octanol–water partition coefficient (Wildman–Crippen LogP) is 2.81. The van der Waals surface area contributed by atoms with Crippen molar-refractivity contribution in [3.05, 3.63) is 58.9 Å². The fourth-order valence-corrected chi connectivity index (χ4v) is 1.70. The van der Waals surface area contributed by atoms with Gasteiger partial charge in [-0.3, -0.25) is 4.98 Å². The van der Waals surface area contributed by atoms with Crippen molar-refractivity contribution < 1.29 is 0 Å². The molecule has 2 aromatic rings. The zero-order valence-electron chi connectivity index (χ0n) is 9.36. The highest BCUT2D eigenvalue weighted by atomic mass is 35.5. The Morgan fingerprint density at radius 1 is 1.12 bits per heavy atom. The predicted molar refractivity (Wildman–Crippen MR) is 70.9 cm³/mol. The molecule has 88 valence electrons. The monoisotopic (exact) mass is 247 g/mol. The average Bonchev–Trinajstić information content (AvgIpc) is 2.38. The third-order valence-electron chi connectivity index (χ3n) is 2.55. The van der Waals surface area contributed by atoms with E-state index in [1.807, 2.05) is 30.3 Å². The molecule has 0 spiro atoms. The average molecular weight is 248 g/mol. The maximum absolute atomic E-state index is 5.82. The van der Waals surface area contributed by atoms with Gasteiger partial charge in [0, 0.05) is 36.2 Å².